The summed E-state index contributed by atoms with van der Waals surface area (Å²) in [4.78, 5) is 14.7. The van der Waals surface area contributed by atoms with E-state index in [9.17, 15) is 9.90 Å². The average Bonchev–Trinajstić information content (AvgIpc) is 2.35. The van der Waals surface area contributed by atoms with Gasteiger partial charge in [0.15, 0.2) is 0 Å². The van der Waals surface area contributed by atoms with Crippen LogP contribution in [0.1, 0.15) is 52.4 Å². The smallest absolute Gasteiger partial charge is 0.237 e. The SMILES string of the molecule is CC(C)[C@H](C(=O)NCC1(O)CCC1)N1CCCCC1. The highest BCUT2D eigenvalue weighted by Gasteiger charge is 2.36. The second kappa shape index (κ2) is 6.23. The third-order valence-electron chi connectivity index (χ3n) is 4.56. The summed E-state index contributed by atoms with van der Waals surface area (Å²) < 4.78 is 0. The molecule has 110 valence electrons. The molecule has 0 radical (unpaired) electrons. The number of nitrogens with one attached hydrogen (secondary N) is 1. The summed E-state index contributed by atoms with van der Waals surface area (Å²) in [6.07, 6.45) is 6.39. The van der Waals surface area contributed by atoms with Crippen LogP contribution in [0.2, 0.25) is 0 Å². The van der Waals surface area contributed by atoms with Crippen molar-refractivity contribution >= 4 is 5.91 Å². The Morgan fingerprint density at radius 3 is 2.32 bits per heavy atom. The minimum absolute atomic E-state index is 0.0380. The number of hydrogen-bond donors (Lipinski definition) is 2. The average molecular weight is 268 g/mol. The quantitative estimate of drug-likeness (QED) is 0.795. The summed E-state index contributed by atoms with van der Waals surface area (Å²) >= 11 is 0. The van der Waals surface area contributed by atoms with E-state index < -0.39 is 5.60 Å². The van der Waals surface area contributed by atoms with Gasteiger partial charge in [0.1, 0.15) is 0 Å². The van der Waals surface area contributed by atoms with Crippen molar-refractivity contribution in [3.8, 4) is 0 Å². The van der Waals surface area contributed by atoms with Gasteiger partial charge < -0.3 is 10.4 Å². The molecule has 0 unspecified atom stereocenters. The predicted octanol–water partition coefficient (Wildman–Crippen LogP) is 1.53. The van der Waals surface area contributed by atoms with Crippen LogP contribution in [-0.2, 0) is 4.79 Å². The largest absolute Gasteiger partial charge is 0.388 e. The molecule has 0 aromatic heterocycles. The number of likely N-dealkylation sites (tertiary alicyclic amines) is 1. The van der Waals surface area contributed by atoms with Crippen LogP contribution >= 0.6 is 0 Å². The fourth-order valence-electron chi connectivity index (χ4n) is 3.20. The van der Waals surface area contributed by atoms with E-state index in [4.69, 9.17) is 0 Å². The van der Waals surface area contributed by atoms with E-state index in [0.717, 1.165) is 32.4 Å². The number of amides is 1. The molecule has 1 heterocycles. The first kappa shape index (κ1) is 14.8. The molecule has 2 aliphatic rings. The predicted molar refractivity (Wildman–Crippen MR) is 75.9 cm³/mol. The van der Waals surface area contributed by atoms with Crippen LogP contribution in [0.25, 0.3) is 0 Å². The Bertz CT molecular complexity index is 307. The molecule has 2 fully saturated rings. The maximum atomic E-state index is 12.4. The molecule has 1 saturated carbocycles. The van der Waals surface area contributed by atoms with Gasteiger partial charge in [0, 0.05) is 6.54 Å². The number of nitrogens with zero attached hydrogens (tertiary/aromatic N) is 1. The van der Waals surface area contributed by atoms with Gasteiger partial charge in [0.2, 0.25) is 5.91 Å². The van der Waals surface area contributed by atoms with Crippen molar-refractivity contribution in [2.75, 3.05) is 19.6 Å². The Hall–Kier alpha value is -0.610. The van der Waals surface area contributed by atoms with Crippen LogP contribution in [0.3, 0.4) is 0 Å². The summed E-state index contributed by atoms with van der Waals surface area (Å²) in [6, 6.07) is -0.0380. The van der Waals surface area contributed by atoms with Crippen molar-refractivity contribution in [2.24, 2.45) is 5.92 Å². The number of carbonyl (C=O) groups is 1. The second-order valence-corrected chi connectivity index (χ2v) is 6.58. The Morgan fingerprint density at radius 2 is 1.84 bits per heavy atom. The topological polar surface area (TPSA) is 52.6 Å². The van der Waals surface area contributed by atoms with Gasteiger partial charge in [0.05, 0.1) is 11.6 Å². The minimum Gasteiger partial charge on any atom is -0.388 e. The van der Waals surface area contributed by atoms with E-state index in [1.54, 1.807) is 0 Å². The van der Waals surface area contributed by atoms with E-state index in [1.165, 1.54) is 19.3 Å². The number of rotatable bonds is 5. The summed E-state index contributed by atoms with van der Waals surface area (Å²) in [5, 5.41) is 13.0. The van der Waals surface area contributed by atoms with Gasteiger partial charge in [-0.15, -0.1) is 0 Å². The molecule has 0 spiro atoms. The first-order valence-corrected chi connectivity index (χ1v) is 7.76. The maximum absolute atomic E-state index is 12.4. The van der Waals surface area contributed by atoms with Crippen LogP contribution < -0.4 is 5.32 Å². The molecule has 4 nitrogen and oxygen atoms in total. The third-order valence-corrected chi connectivity index (χ3v) is 4.56. The molecule has 2 rings (SSSR count). The van der Waals surface area contributed by atoms with Gasteiger partial charge >= 0.3 is 0 Å². The molecule has 1 amide bonds. The number of aliphatic hydroxyl groups is 1. The number of carbonyl (C=O) groups excluding carboxylic acids is 1. The highest BCUT2D eigenvalue weighted by molar-refractivity contribution is 5.82. The summed E-state index contributed by atoms with van der Waals surface area (Å²) in [6.45, 7) is 6.69. The van der Waals surface area contributed by atoms with Crippen LogP contribution in [0, 0.1) is 5.92 Å². The second-order valence-electron chi connectivity index (χ2n) is 6.58. The zero-order valence-corrected chi connectivity index (χ0v) is 12.3. The molecule has 4 heteroatoms. The first-order chi connectivity index (χ1) is 9.02. The normalized spacial score (nSPS) is 24.8. The minimum atomic E-state index is -0.626. The summed E-state index contributed by atoms with van der Waals surface area (Å²) in [5.41, 5.74) is -0.626. The van der Waals surface area contributed by atoms with Crippen LogP contribution in [0.4, 0.5) is 0 Å². The van der Waals surface area contributed by atoms with Crippen molar-refractivity contribution < 1.29 is 9.90 Å². The van der Waals surface area contributed by atoms with Crippen molar-refractivity contribution in [1.29, 1.82) is 0 Å². The Morgan fingerprint density at radius 1 is 1.21 bits per heavy atom. The van der Waals surface area contributed by atoms with E-state index in [1.807, 2.05) is 0 Å². The highest BCUT2D eigenvalue weighted by Crippen LogP contribution is 2.30. The molecule has 2 N–H and O–H groups in total. The molecule has 19 heavy (non-hydrogen) atoms. The fraction of sp³-hybridized carbons (Fsp3) is 0.933. The monoisotopic (exact) mass is 268 g/mol. The lowest BCUT2D eigenvalue weighted by Crippen LogP contribution is -2.55. The lowest BCUT2D eigenvalue weighted by Gasteiger charge is -2.39. The van der Waals surface area contributed by atoms with Gasteiger partial charge in [-0.25, -0.2) is 0 Å². The van der Waals surface area contributed by atoms with Crippen molar-refractivity contribution in [2.45, 2.75) is 64.0 Å². The van der Waals surface area contributed by atoms with Gasteiger partial charge in [-0.3, -0.25) is 9.69 Å². The number of piperidine rings is 1. The fourth-order valence-corrected chi connectivity index (χ4v) is 3.20. The van der Waals surface area contributed by atoms with Gasteiger partial charge in [0.25, 0.3) is 0 Å². The third kappa shape index (κ3) is 3.69. The highest BCUT2D eigenvalue weighted by atomic mass is 16.3. The molecule has 1 atom stereocenters. The zero-order valence-electron chi connectivity index (χ0n) is 12.3. The van der Waals surface area contributed by atoms with Crippen molar-refractivity contribution in [3.05, 3.63) is 0 Å². The standard InChI is InChI=1S/C15H28N2O2/c1-12(2)13(17-9-4-3-5-10-17)14(18)16-11-15(19)7-6-8-15/h12-13,19H,3-11H2,1-2H3,(H,16,18)/t13-/m1/s1. The molecular formula is C15H28N2O2. The summed E-state index contributed by atoms with van der Waals surface area (Å²) in [7, 11) is 0. The van der Waals surface area contributed by atoms with Crippen molar-refractivity contribution in [3.63, 3.8) is 0 Å². The molecule has 0 aromatic rings. The van der Waals surface area contributed by atoms with Gasteiger partial charge in [-0.05, 0) is 51.1 Å². The Kier molecular flexibility index (Phi) is 4.85. The Balaban J connectivity index is 1.88. The molecule has 1 aliphatic heterocycles. The van der Waals surface area contributed by atoms with E-state index in [0.29, 0.717) is 12.5 Å². The van der Waals surface area contributed by atoms with E-state index in [-0.39, 0.29) is 11.9 Å². The van der Waals surface area contributed by atoms with Crippen LogP contribution in [-0.4, -0.2) is 47.2 Å². The summed E-state index contributed by atoms with van der Waals surface area (Å²) in [5.74, 6) is 0.409. The van der Waals surface area contributed by atoms with Gasteiger partial charge in [-0.1, -0.05) is 20.3 Å². The zero-order chi connectivity index (χ0) is 13.9. The van der Waals surface area contributed by atoms with Gasteiger partial charge in [-0.2, -0.15) is 0 Å². The maximum Gasteiger partial charge on any atom is 0.237 e. The van der Waals surface area contributed by atoms with Crippen LogP contribution in [0.15, 0.2) is 0 Å². The lowest BCUT2D eigenvalue weighted by atomic mass is 9.80. The van der Waals surface area contributed by atoms with Crippen LogP contribution in [0.5, 0.6) is 0 Å². The van der Waals surface area contributed by atoms with E-state index >= 15 is 0 Å². The molecule has 1 saturated heterocycles. The first-order valence-electron chi connectivity index (χ1n) is 7.76. The number of hydrogen-bond acceptors (Lipinski definition) is 3. The van der Waals surface area contributed by atoms with E-state index in [2.05, 4.69) is 24.1 Å². The molecular weight excluding hydrogens is 240 g/mol. The Labute approximate surface area is 116 Å². The molecule has 1 aliphatic carbocycles. The molecule has 0 bridgehead atoms. The molecule has 0 aromatic carbocycles. The van der Waals surface area contributed by atoms with Crippen molar-refractivity contribution in [1.82, 2.24) is 10.2 Å². The lowest BCUT2D eigenvalue weighted by molar-refractivity contribution is -0.130.